The molecule has 0 aliphatic heterocycles. The summed E-state index contributed by atoms with van der Waals surface area (Å²) in [6.45, 7) is 0. The van der Waals surface area contributed by atoms with Gasteiger partial charge in [0.25, 0.3) is 6.43 Å². The molecule has 0 bridgehead atoms. The summed E-state index contributed by atoms with van der Waals surface area (Å²) in [6.07, 6.45) is -2.64. The average molecular weight is 147 g/mol. The van der Waals surface area contributed by atoms with Gasteiger partial charge in [0.2, 0.25) is 0 Å². The van der Waals surface area contributed by atoms with Crippen LogP contribution in [0.1, 0.15) is 0 Å². The fraction of sp³-hybridized carbons (Fsp3) is 0.333. The summed E-state index contributed by atoms with van der Waals surface area (Å²) in [5.41, 5.74) is 0.645. The van der Waals surface area contributed by atoms with Crippen molar-refractivity contribution < 1.29 is 8.78 Å². The molecule has 0 aromatic rings. The van der Waals surface area contributed by atoms with Gasteiger partial charge in [0.1, 0.15) is 0 Å². The molecule has 0 spiro atoms. The Labute approximate surface area is 49.7 Å². The van der Waals surface area contributed by atoms with E-state index in [0.717, 1.165) is 0 Å². The monoisotopic (exact) mass is 146 g/mol. The van der Waals surface area contributed by atoms with E-state index < -0.39 is 11.5 Å². The van der Waals surface area contributed by atoms with Crippen LogP contribution in [0.2, 0.25) is 0 Å². The molecule has 0 N–H and O–H groups in total. The zero-order chi connectivity index (χ0) is 5.86. The summed E-state index contributed by atoms with van der Waals surface area (Å²) < 4.78 is 22.3. The number of hydrogen-bond acceptors (Lipinski definition) is 0. The molecule has 42 valence electrons. The molecule has 0 aromatic carbocycles. The molecule has 0 unspecified atom stereocenters. The second-order valence-electron chi connectivity index (χ2n) is 0.795. The molecule has 0 aliphatic carbocycles. The van der Waals surface area contributed by atoms with Crippen molar-refractivity contribution in [2.45, 2.75) is 6.43 Å². The molecule has 0 saturated heterocycles. The smallest absolute Gasteiger partial charge is 0.204 e. The van der Waals surface area contributed by atoms with Crippen molar-refractivity contribution in [2.24, 2.45) is 0 Å². The zero-order valence-corrected chi connectivity index (χ0v) is 4.68. The van der Waals surface area contributed by atoms with Gasteiger partial charge in [-0.05, 0) is 0 Å². The summed E-state index contributed by atoms with van der Waals surface area (Å²) in [7, 11) is 0. The number of alkyl halides is 2. The van der Waals surface area contributed by atoms with Gasteiger partial charge in [-0.2, -0.15) is 0 Å². The molecule has 0 nitrogen and oxygen atoms in total. The van der Waals surface area contributed by atoms with Crippen LogP contribution >= 0.6 is 23.2 Å². The summed E-state index contributed by atoms with van der Waals surface area (Å²) in [4.78, 5) is 0. The lowest BCUT2D eigenvalue weighted by atomic mass is 10.7. The Morgan fingerprint density at radius 1 is 1.57 bits per heavy atom. The van der Waals surface area contributed by atoms with Crippen molar-refractivity contribution in [3.63, 3.8) is 0 Å². The number of halogens is 4. The van der Waals surface area contributed by atoms with Crippen LogP contribution in [-0.2, 0) is 0 Å². The first-order valence-corrected chi connectivity index (χ1v) is 2.24. The Kier molecular flexibility index (Phi) is 3.30. The predicted octanol–water partition coefficient (Wildman–Crippen LogP) is 2.57. The van der Waals surface area contributed by atoms with E-state index in [1.54, 1.807) is 0 Å². The van der Waals surface area contributed by atoms with Gasteiger partial charge >= 0.3 is 0 Å². The highest BCUT2D eigenvalue weighted by Crippen LogP contribution is 2.12. The first kappa shape index (κ1) is 7.18. The van der Waals surface area contributed by atoms with Gasteiger partial charge in [0, 0.05) is 5.54 Å². The number of rotatable bonds is 1. The molecule has 0 rings (SSSR count). The van der Waals surface area contributed by atoms with Crippen molar-refractivity contribution in [3.05, 3.63) is 10.6 Å². The molecule has 0 fully saturated rings. The fourth-order valence-electron chi connectivity index (χ4n) is 0.0476. The summed E-state index contributed by atoms with van der Waals surface area (Å²) in [5, 5.41) is -0.623. The van der Waals surface area contributed by atoms with Crippen LogP contribution in [0, 0.1) is 0 Å². The molecule has 0 amide bonds. The van der Waals surface area contributed by atoms with Crippen molar-refractivity contribution in [3.8, 4) is 0 Å². The van der Waals surface area contributed by atoms with Crippen LogP contribution in [0.4, 0.5) is 8.78 Å². The van der Waals surface area contributed by atoms with Crippen LogP contribution in [0.25, 0.3) is 0 Å². The predicted molar refractivity (Wildman–Crippen MR) is 25.8 cm³/mol. The fourth-order valence-corrected chi connectivity index (χ4v) is 0.143. The Balaban J connectivity index is 3.56. The minimum atomic E-state index is -2.64. The molecular formula is C3H2Cl2F2. The van der Waals surface area contributed by atoms with Crippen LogP contribution in [-0.4, -0.2) is 6.43 Å². The van der Waals surface area contributed by atoms with E-state index in [0.29, 0.717) is 5.54 Å². The van der Waals surface area contributed by atoms with Crippen molar-refractivity contribution in [1.82, 2.24) is 0 Å². The molecule has 0 saturated carbocycles. The molecule has 0 heterocycles. The second-order valence-corrected chi connectivity index (χ2v) is 1.45. The first-order chi connectivity index (χ1) is 3.18. The summed E-state index contributed by atoms with van der Waals surface area (Å²) >= 11 is 9.55. The molecule has 0 atom stereocenters. The van der Waals surface area contributed by atoms with E-state index >= 15 is 0 Å². The maximum absolute atomic E-state index is 11.1. The Morgan fingerprint density at radius 2 is 2.00 bits per heavy atom. The highest BCUT2D eigenvalue weighted by molar-refractivity contribution is 6.36. The van der Waals surface area contributed by atoms with E-state index in [4.69, 9.17) is 23.2 Å². The lowest BCUT2D eigenvalue weighted by Gasteiger charge is -1.88. The first-order valence-electron chi connectivity index (χ1n) is 1.42. The third-order valence-corrected chi connectivity index (χ3v) is 0.934. The molecule has 0 radical (unpaired) electrons. The normalized spacial score (nSPS) is 13.0. The second kappa shape index (κ2) is 3.22. The average Bonchev–Trinajstić information content (AvgIpc) is 1.65. The number of hydrogen-bond donors (Lipinski definition) is 0. The van der Waals surface area contributed by atoms with Gasteiger partial charge in [-0.15, -0.1) is 0 Å². The maximum atomic E-state index is 11.1. The molecule has 4 heteroatoms. The van der Waals surface area contributed by atoms with E-state index in [-0.39, 0.29) is 0 Å². The topological polar surface area (TPSA) is 0 Å². The van der Waals surface area contributed by atoms with E-state index in [1.165, 1.54) is 0 Å². The van der Waals surface area contributed by atoms with E-state index in [2.05, 4.69) is 0 Å². The van der Waals surface area contributed by atoms with Gasteiger partial charge in [0.15, 0.2) is 0 Å². The Bertz CT molecular complexity index is 79.0. The van der Waals surface area contributed by atoms with Crippen LogP contribution < -0.4 is 0 Å². The lowest BCUT2D eigenvalue weighted by molar-refractivity contribution is 0.199. The zero-order valence-electron chi connectivity index (χ0n) is 3.17. The van der Waals surface area contributed by atoms with Gasteiger partial charge in [-0.3, -0.25) is 0 Å². The quantitative estimate of drug-likeness (QED) is 0.534. The van der Waals surface area contributed by atoms with Gasteiger partial charge in [-0.1, -0.05) is 23.2 Å². The van der Waals surface area contributed by atoms with Crippen LogP contribution in [0.3, 0.4) is 0 Å². The standard InChI is InChI=1S/C3H2Cl2F2/c4-1-2(5)3(6)7/h1,3H/b2-1+. The van der Waals surface area contributed by atoms with Crippen molar-refractivity contribution in [1.29, 1.82) is 0 Å². The maximum Gasteiger partial charge on any atom is 0.275 e. The SMILES string of the molecule is FC(F)/C(Cl)=C\Cl. The van der Waals surface area contributed by atoms with Gasteiger partial charge < -0.3 is 0 Å². The lowest BCUT2D eigenvalue weighted by Crippen LogP contribution is -1.85. The summed E-state index contributed by atoms with van der Waals surface area (Å²) in [5.74, 6) is 0. The highest BCUT2D eigenvalue weighted by atomic mass is 35.5. The third-order valence-electron chi connectivity index (χ3n) is 0.313. The molecule has 7 heavy (non-hydrogen) atoms. The largest absolute Gasteiger partial charge is 0.275 e. The molecule has 0 aromatic heterocycles. The van der Waals surface area contributed by atoms with E-state index in [1.807, 2.05) is 0 Å². The molecular weight excluding hydrogens is 145 g/mol. The minimum Gasteiger partial charge on any atom is -0.204 e. The Hall–Kier alpha value is 0.180. The van der Waals surface area contributed by atoms with Crippen molar-refractivity contribution >= 4 is 23.2 Å². The third kappa shape index (κ3) is 2.83. The number of allylic oxidation sites excluding steroid dienone is 1. The van der Waals surface area contributed by atoms with Crippen LogP contribution in [0.5, 0.6) is 0 Å². The highest BCUT2D eigenvalue weighted by Gasteiger charge is 2.04. The van der Waals surface area contributed by atoms with Crippen LogP contribution in [0.15, 0.2) is 10.6 Å². The van der Waals surface area contributed by atoms with Gasteiger partial charge in [0.05, 0.1) is 5.03 Å². The Morgan fingerprint density at radius 3 is 2.00 bits per heavy atom. The minimum absolute atomic E-state index is 0.623. The molecule has 0 aliphatic rings. The van der Waals surface area contributed by atoms with Crippen molar-refractivity contribution in [2.75, 3.05) is 0 Å². The summed E-state index contributed by atoms with van der Waals surface area (Å²) in [6, 6.07) is 0. The van der Waals surface area contributed by atoms with Gasteiger partial charge in [-0.25, -0.2) is 8.78 Å². The van der Waals surface area contributed by atoms with E-state index in [9.17, 15) is 8.78 Å².